The van der Waals surface area contributed by atoms with Gasteiger partial charge in [-0.1, -0.05) is 31.5 Å². The van der Waals surface area contributed by atoms with E-state index in [9.17, 15) is 0 Å². The van der Waals surface area contributed by atoms with Crippen LogP contribution in [0.5, 0.6) is 0 Å². The molecule has 100 valence electrons. The maximum absolute atomic E-state index is 6.45. The fourth-order valence-corrected chi connectivity index (χ4v) is 3.19. The molecular formula is C15H23ClN2. The molecule has 1 N–H and O–H groups in total. The van der Waals surface area contributed by atoms with Crippen molar-refractivity contribution in [2.45, 2.75) is 39.3 Å². The number of benzene rings is 1. The smallest absolute Gasteiger partial charge is 0.0642 e. The van der Waals surface area contributed by atoms with Gasteiger partial charge >= 0.3 is 0 Å². The Kier molecular flexibility index (Phi) is 4.52. The van der Waals surface area contributed by atoms with Gasteiger partial charge in [0.2, 0.25) is 0 Å². The maximum atomic E-state index is 6.45. The number of hydrogen-bond donors (Lipinski definition) is 1. The van der Waals surface area contributed by atoms with Crippen LogP contribution >= 0.6 is 11.6 Å². The van der Waals surface area contributed by atoms with E-state index >= 15 is 0 Å². The normalized spacial score (nSPS) is 19.8. The Balaban J connectivity index is 2.22. The summed E-state index contributed by atoms with van der Waals surface area (Å²) in [5.41, 5.74) is 2.44. The second kappa shape index (κ2) is 5.94. The summed E-state index contributed by atoms with van der Waals surface area (Å²) < 4.78 is 0. The molecule has 2 nitrogen and oxygen atoms in total. The topological polar surface area (TPSA) is 15.3 Å². The van der Waals surface area contributed by atoms with Gasteiger partial charge in [0.15, 0.2) is 0 Å². The SMILES string of the molecule is CNCc1ccc(N2CCCC2C(C)C)c(Cl)c1. The molecule has 18 heavy (non-hydrogen) atoms. The lowest BCUT2D eigenvalue weighted by molar-refractivity contribution is 0.492. The number of anilines is 1. The molecule has 0 bridgehead atoms. The molecule has 0 aliphatic carbocycles. The largest absolute Gasteiger partial charge is 0.367 e. The molecule has 1 fully saturated rings. The first-order valence-corrected chi connectivity index (χ1v) is 7.21. The van der Waals surface area contributed by atoms with Gasteiger partial charge in [0, 0.05) is 19.1 Å². The lowest BCUT2D eigenvalue weighted by Gasteiger charge is -2.30. The minimum atomic E-state index is 0.637. The van der Waals surface area contributed by atoms with Gasteiger partial charge in [0.05, 0.1) is 10.7 Å². The van der Waals surface area contributed by atoms with Crippen LogP contribution in [-0.2, 0) is 6.54 Å². The molecule has 1 aliphatic rings. The summed E-state index contributed by atoms with van der Waals surface area (Å²) in [6.45, 7) is 6.60. The van der Waals surface area contributed by atoms with Gasteiger partial charge in [-0.15, -0.1) is 0 Å². The van der Waals surface area contributed by atoms with Crippen LogP contribution in [0.3, 0.4) is 0 Å². The zero-order valence-electron chi connectivity index (χ0n) is 11.5. The lowest BCUT2D eigenvalue weighted by atomic mass is 10.0. The molecule has 0 saturated carbocycles. The van der Waals surface area contributed by atoms with Crippen molar-refractivity contribution in [1.82, 2.24) is 5.32 Å². The highest BCUT2D eigenvalue weighted by molar-refractivity contribution is 6.33. The van der Waals surface area contributed by atoms with E-state index in [0.29, 0.717) is 12.0 Å². The Hall–Kier alpha value is -0.730. The second-order valence-corrected chi connectivity index (χ2v) is 5.87. The summed E-state index contributed by atoms with van der Waals surface area (Å²) in [5, 5.41) is 4.04. The van der Waals surface area contributed by atoms with Gasteiger partial charge < -0.3 is 10.2 Å². The predicted octanol–water partition coefficient (Wildman–Crippen LogP) is 3.68. The third-order valence-electron chi connectivity index (χ3n) is 3.77. The summed E-state index contributed by atoms with van der Waals surface area (Å²) in [6, 6.07) is 7.07. The molecule has 0 aromatic heterocycles. The molecule has 0 amide bonds. The van der Waals surface area contributed by atoms with Gasteiger partial charge in [-0.3, -0.25) is 0 Å². The average molecular weight is 267 g/mol. The maximum Gasteiger partial charge on any atom is 0.0642 e. The molecule has 1 aromatic rings. The van der Waals surface area contributed by atoms with Gasteiger partial charge in [-0.25, -0.2) is 0 Å². The van der Waals surface area contributed by atoms with Crippen LogP contribution in [0.15, 0.2) is 18.2 Å². The van der Waals surface area contributed by atoms with Crippen LogP contribution in [0.25, 0.3) is 0 Å². The summed E-state index contributed by atoms with van der Waals surface area (Å²) in [6.07, 6.45) is 2.56. The molecule has 1 aromatic carbocycles. The van der Waals surface area contributed by atoms with Crippen LogP contribution in [0, 0.1) is 5.92 Å². The first kappa shape index (κ1) is 13.7. The predicted molar refractivity (Wildman–Crippen MR) is 79.4 cm³/mol. The Morgan fingerprint density at radius 2 is 2.22 bits per heavy atom. The van der Waals surface area contributed by atoms with Crippen molar-refractivity contribution in [3.63, 3.8) is 0 Å². The van der Waals surface area contributed by atoms with Crippen molar-refractivity contribution in [2.24, 2.45) is 5.92 Å². The zero-order chi connectivity index (χ0) is 13.1. The molecule has 1 unspecified atom stereocenters. The lowest BCUT2D eigenvalue weighted by Crippen LogP contribution is -2.33. The highest BCUT2D eigenvalue weighted by atomic mass is 35.5. The molecule has 2 rings (SSSR count). The molecule has 0 radical (unpaired) electrons. The van der Waals surface area contributed by atoms with E-state index in [2.05, 4.69) is 42.3 Å². The number of rotatable bonds is 4. The fraction of sp³-hybridized carbons (Fsp3) is 0.600. The van der Waals surface area contributed by atoms with Crippen molar-refractivity contribution >= 4 is 17.3 Å². The van der Waals surface area contributed by atoms with Gasteiger partial charge in [0.25, 0.3) is 0 Å². The summed E-state index contributed by atoms with van der Waals surface area (Å²) in [5.74, 6) is 0.681. The van der Waals surface area contributed by atoms with E-state index in [1.54, 1.807) is 0 Å². The highest BCUT2D eigenvalue weighted by Crippen LogP contribution is 2.34. The van der Waals surface area contributed by atoms with E-state index in [-0.39, 0.29) is 0 Å². The van der Waals surface area contributed by atoms with Gasteiger partial charge in [-0.2, -0.15) is 0 Å². The van der Waals surface area contributed by atoms with Crippen molar-refractivity contribution in [3.8, 4) is 0 Å². The Morgan fingerprint density at radius 1 is 1.44 bits per heavy atom. The number of nitrogens with one attached hydrogen (secondary N) is 1. The van der Waals surface area contributed by atoms with Crippen LogP contribution in [0.2, 0.25) is 5.02 Å². The van der Waals surface area contributed by atoms with Gasteiger partial charge in [0.1, 0.15) is 0 Å². The Bertz CT molecular complexity index is 403. The number of halogens is 1. The third-order valence-corrected chi connectivity index (χ3v) is 4.07. The average Bonchev–Trinajstić information content (AvgIpc) is 2.78. The van der Waals surface area contributed by atoms with Crippen LogP contribution in [0.4, 0.5) is 5.69 Å². The molecule has 1 saturated heterocycles. The number of hydrogen-bond acceptors (Lipinski definition) is 2. The van der Waals surface area contributed by atoms with E-state index < -0.39 is 0 Å². The summed E-state index contributed by atoms with van der Waals surface area (Å²) in [4.78, 5) is 2.48. The van der Waals surface area contributed by atoms with Crippen molar-refractivity contribution < 1.29 is 0 Å². The van der Waals surface area contributed by atoms with Crippen molar-refractivity contribution in [1.29, 1.82) is 0 Å². The molecule has 1 atom stereocenters. The van der Waals surface area contributed by atoms with Crippen LogP contribution in [0.1, 0.15) is 32.3 Å². The fourth-order valence-electron chi connectivity index (χ4n) is 2.88. The monoisotopic (exact) mass is 266 g/mol. The Morgan fingerprint density at radius 3 is 2.83 bits per heavy atom. The van der Waals surface area contributed by atoms with Crippen LogP contribution < -0.4 is 10.2 Å². The van der Waals surface area contributed by atoms with E-state index in [4.69, 9.17) is 11.6 Å². The van der Waals surface area contributed by atoms with E-state index in [1.807, 2.05) is 7.05 Å². The summed E-state index contributed by atoms with van der Waals surface area (Å²) in [7, 11) is 1.96. The van der Waals surface area contributed by atoms with Crippen LogP contribution in [-0.4, -0.2) is 19.6 Å². The Labute approximate surface area is 115 Å². The zero-order valence-corrected chi connectivity index (χ0v) is 12.3. The molecular weight excluding hydrogens is 244 g/mol. The van der Waals surface area contributed by atoms with E-state index in [0.717, 1.165) is 18.1 Å². The highest BCUT2D eigenvalue weighted by Gasteiger charge is 2.28. The standard InChI is InChI=1S/C15H23ClN2/c1-11(2)14-5-4-8-18(14)15-7-6-12(10-17-3)9-13(15)16/h6-7,9,11,14,17H,4-5,8,10H2,1-3H3. The third kappa shape index (κ3) is 2.81. The van der Waals surface area contributed by atoms with Crippen molar-refractivity contribution in [3.05, 3.63) is 28.8 Å². The minimum absolute atomic E-state index is 0.637. The first-order valence-electron chi connectivity index (χ1n) is 6.83. The second-order valence-electron chi connectivity index (χ2n) is 5.46. The molecule has 1 aliphatic heterocycles. The minimum Gasteiger partial charge on any atom is -0.367 e. The van der Waals surface area contributed by atoms with Gasteiger partial charge in [-0.05, 0) is 43.5 Å². The number of nitrogens with zero attached hydrogens (tertiary/aromatic N) is 1. The van der Waals surface area contributed by atoms with E-state index in [1.165, 1.54) is 24.1 Å². The first-order chi connectivity index (χ1) is 8.63. The molecule has 3 heteroatoms. The molecule has 0 spiro atoms. The molecule has 1 heterocycles. The van der Waals surface area contributed by atoms with Crippen molar-refractivity contribution in [2.75, 3.05) is 18.5 Å². The quantitative estimate of drug-likeness (QED) is 0.894. The summed E-state index contributed by atoms with van der Waals surface area (Å²) >= 11 is 6.45.